The van der Waals surface area contributed by atoms with E-state index in [0.717, 1.165) is 16.8 Å². The molecule has 140 valence electrons. The van der Waals surface area contributed by atoms with Gasteiger partial charge in [0.2, 0.25) is 5.91 Å². The molecule has 3 aromatic rings. The van der Waals surface area contributed by atoms with Crippen molar-refractivity contribution in [3.05, 3.63) is 71.8 Å². The minimum Gasteiger partial charge on any atom is -0.340 e. The maximum atomic E-state index is 13.3. The summed E-state index contributed by atoms with van der Waals surface area (Å²) in [6, 6.07) is 14.2. The van der Waals surface area contributed by atoms with Gasteiger partial charge in [-0.2, -0.15) is 0 Å². The van der Waals surface area contributed by atoms with Crippen LogP contribution in [0.15, 0.2) is 60.0 Å². The summed E-state index contributed by atoms with van der Waals surface area (Å²) in [6.07, 6.45) is 1.65. The third-order valence-corrected chi connectivity index (χ3v) is 5.25. The molecule has 0 aliphatic carbocycles. The first-order valence-corrected chi connectivity index (χ1v) is 9.46. The number of benzene rings is 2. The Bertz CT molecular complexity index is 943. The number of thioether (sulfide) groups is 1. The van der Waals surface area contributed by atoms with Gasteiger partial charge in [0.05, 0.1) is 10.9 Å². The molecule has 27 heavy (non-hydrogen) atoms. The van der Waals surface area contributed by atoms with Gasteiger partial charge in [0.25, 0.3) is 0 Å². The van der Waals surface area contributed by atoms with Gasteiger partial charge in [-0.1, -0.05) is 42.1 Å². The van der Waals surface area contributed by atoms with E-state index in [1.165, 1.54) is 23.9 Å². The second-order valence-electron chi connectivity index (χ2n) is 6.35. The monoisotopic (exact) mass is 384 g/mol. The first kappa shape index (κ1) is 19.1. The molecule has 0 bridgehead atoms. The Kier molecular flexibility index (Phi) is 5.91. The highest BCUT2D eigenvalue weighted by Crippen LogP contribution is 2.26. The first-order chi connectivity index (χ1) is 13.0. The van der Waals surface area contributed by atoms with E-state index < -0.39 is 0 Å². The topological polar surface area (TPSA) is 51.0 Å². The highest BCUT2D eigenvalue weighted by atomic mass is 32.2. The van der Waals surface area contributed by atoms with Crippen molar-refractivity contribution in [2.45, 2.75) is 30.8 Å². The van der Waals surface area contributed by atoms with Gasteiger partial charge < -0.3 is 4.90 Å². The fraction of sp³-hybridized carbons (Fsp3) is 0.250. The molecule has 0 spiro atoms. The third kappa shape index (κ3) is 4.54. The molecule has 0 saturated carbocycles. The summed E-state index contributed by atoms with van der Waals surface area (Å²) in [5.41, 5.74) is 2.84. The van der Waals surface area contributed by atoms with E-state index in [1.807, 2.05) is 42.7 Å². The smallest absolute Gasteiger partial charge is 0.235 e. The van der Waals surface area contributed by atoms with Crippen LogP contribution < -0.4 is 0 Å². The van der Waals surface area contributed by atoms with Gasteiger partial charge in [-0.15, -0.1) is 10.2 Å². The Hall–Kier alpha value is -2.67. The summed E-state index contributed by atoms with van der Waals surface area (Å²) < 4.78 is 15.2. The molecule has 1 unspecified atom stereocenters. The second-order valence-corrected chi connectivity index (χ2v) is 7.66. The average Bonchev–Trinajstić information content (AvgIpc) is 3.09. The minimum absolute atomic E-state index is 0.0522. The lowest BCUT2D eigenvalue weighted by Gasteiger charge is -2.21. The molecule has 0 aliphatic heterocycles. The van der Waals surface area contributed by atoms with E-state index in [2.05, 4.69) is 10.2 Å². The van der Waals surface area contributed by atoms with Crippen LogP contribution in [0.2, 0.25) is 0 Å². The van der Waals surface area contributed by atoms with Gasteiger partial charge in [0, 0.05) is 13.6 Å². The Morgan fingerprint density at radius 3 is 2.78 bits per heavy atom. The van der Waals surface area contributed by atoms with Crippen LogP contribution in [0.3, 0.4) is 0 Å². The number of halogens is 1. The van der Waals surface area contributed by atoms with E-state index in [9.17, 15) is 9.18 Å². The third-order valence-electron chi connectivity index (χ3n) is 4.21. The summed E-state index contributed by atoms with van der Waals surface area (Å²) in [6.45, 7) is 4.21. The van der Waals surface area contributed by atoms with Crippen molar-refractivity contribution in [3.8, 4) is 5.69 Å². The van der Waals surface area contributed by atoms with Gasteiger partial charge in [0.15, 0.2) is 5.16 Å². The lowest BCUT2D eigenvalue weighted by molar-refractivity contribution is -0.129. The van der Waals surface area contributed by atoms with Crippen LogP contribution in [0.4, 0.5) is 4.39 Å². The molecular weight excluding hydrogens is 363 g/mol. The lowest BCUT2D eigenvalue weighted by atomic mass is 10.2. The normalized spacial score (nSPS) is 12.0. The van der Waals surface area contributed by atoms with Crippen molar-refractivity contribution >= 4 is 17.7 Å². The predicted octanol–water partition coefficient (Wildman–Crippen LogP) is 3.85. The molecular formula is C20H21FN4OS. The number of carbonyl (C=O) groups is 1. The molecule has 0 aliphatic rings. The van der Waals surface area contributed by atoms with E-state index in [-0.39, 0.29) is 17.0 Å². The highest BCUT2D eigenvalue weighted by Gasteiger charge is 2.22. The average molecular weight is 384 g/mol. The van der Waals surface area contributed by atoms with Crippen molar-refractivity contribution in [1.82, 2.24) is 19.7 Å². The molecule has 1 atom stereocenters. The number of carbonyl (C=O) groups excluding carboxylic acids is 1. The SMILES string of the molecule is Cc1ccccc1-n1cnnc1SC(C)C(=O)N(C)Cc1cccc(F)c1. The van der Waals surface area contributed by atoms with Gasteiger partial charge >= 0.3 is 0 Å². The van der Waals surface area contributed by atoms with Crippen molar-refractivity contribution in [3.63, 3.8) is 0 Å². The summed E-state index contributed by atoms with van der Waals surface area (Å²) in [5.74, 6) is -0.356. The van der Waals surface area contributed by atoms with Crippen LogP contribution in [-0.4, -0.2) is 37.9 Å². The quantitative estimate of drug-likeness (QED) is 0.606. The number of nitrogens with zero attached hydrogens (tertiary/aromatic N) is 4. The zero-order chi connectivity index (χ0) is 19.4. The molecule has 0 N–H and O–H groups in total. The Balaban J connectivity index is 1.70. The molecule has 0 fully saturated rings. The summed E-state index contributed by atoms with van der Waals surface area (Å²) in [4.78, 5) is 14.3. The van der Waals surface area contributed by atoms with Crippen molar-refractivity contribution in [2.24, 2.45) is 0 Å². The Labute approximate surface area is 162 Å². The molecule has 7 heteroatoms. The molecule has 0 radical (unpaired) electrons. The number of aromatic nitrogens is 3. The van der Waals surface area contributed by atoms with Crippen LogP contribution in [-0.2, 0) is 11.3 Å². The fourth-order valence-electron chi connectivity index (χ4n) is 2.81. The van der Waals surface area contributed by atoms with Gasteiger partial charge in [-0.3, -0.25) is 9.36 Å². The van der Waals surface area contributed by atoms with E-state index in [1.54, 1.807) is 30.4 Å². The molecule has 1 heterocycles. The zero-order valence-corrected chi connectivity index (χ0v) is 16.3. The molecule has 1 aromatic heterocycles. The summed E-state index contributed by atoms with van der Waals surface area (Å²) in [5, 5.41) is 8.47. The number of amides is 1. The largest absolute Gasteiger partial charge is 0.340 e. The number of para-hydroxylation sites is 1. The maximum absolute atomic E-state index is 13.3. The fourth-order valence-corrected chi connectivity index (χ4v) is 3.76. The Morgan fingerprint density at radius 1 is 1.26 bits per heavy atom. The number of hydrogen-bond acceptors (Lipinski definition) is 4. The van der Waals surface area contributed by atoms with Crippen molar-refractivity contribution in [1.29, 1.82) is 0 Å². The number of rotatable bonds is 6. The van der Waals surface area contributed by atoms with Crippen LogP contribution in [0.1, 0.15) is 18.1 Å². The van der Waals surface area contributed by atoms with Gasteiger partial charge in [-0.05, 0) is 43.2 Å². The summed E-state index contributed by atoms with van der Waals surface area (Å²) in [7, 11) is 1.72. The van der Waals surface area contributed by atoms with Crippen molar-refractivity contribution in [2.75, 3.05) is 7.05 Å². The van der Waals surface area contributed by atoms with Crippen LogP contribution >= 0.6 is 11.8 Å². The van der Waals surface area contributed by atoms with Crippen molar-refractivity contribution < 1.29 is 9.18 Å². The van der Waals surface area contributed by atoms with Gasteiger partial charge in [-0.25, -0.2) is 4.39 Å². The molecule has 2 aromatic carbocycles. The van der Waals surface area contributed by atoms with Crippen LogP contribution in [0, 0.1) is 12.7 Å². The minimum atomic E-state index is -0.351. The zero-order valence-electron chi connectivity index (χ0n) is 15.5. The van der Waals surface area contributed by atoms with Gasteiger partial charge in [0.1, 0.15) is 12.1 Å². The molecule has 1 amide bonds. The number of hydrogen-bond donors (Lipinski definition) is 0. The van der Waals surface area contributed by atoms with Crippen LogP contribution in [0.5, 0.6) is 0 Å². The number of aryl methyl sites for hydroxylation is 1. The molecule has 3 rings (SSSR count). The molecule has 0 saturated heterocycles. The predicted molar refractivity (Wildman–Crippen MR) is 104 cm³/mol. The van der Waals surface area contributed by atoms with E-state index in [0.29, 0.717) is 11.7 Å². The maximum Gasteiger partial charge on any atom is 0.235 e. The standard InChI is InChI=1S/C20H21FN4OS/c1-14-7-4-5-10-18(14)25-13-22-23-20(25)27-15(2)19(26)24(3)12-16-8-6-9-17(21)11-16/h4-11,13,15H,12H2,1-3H3. The first-order valence-electron chi connectivity index (χ1n) is 8.58. The molecule has 5 nitrogen and oxygen atoms in total. The highest BCUT2D eigenvalue weighted by molar-refractivity contribution is 8.00. The van der Waals surface area contributed by atoms with E-state index >= 15 is 0 Å². The van der Waals surface area contributed by atoms with Crippen LogP contribution in [0.25, 0.3) is 5.69 Å². The Morgan fingerprint density at radius 2 is 2.04 bits per heavy atom. The summed E-state index contributed by atoms with van der Waals surface area (Å²) >= 11 is 1.35. The lowest BCUT2D eigenvalue weighted by Crippen LogP contribution is -2.33. The second kappa shape index (κ2) is 8.35. The van der Waals surface area contributed by atoms with E-state index in [4.69, 9.17) is 0 Å².